The number of rotatable bonds is 5. The number of methoxy groups -OCH3 is 2. The molecule has 7 nitrogen and oxygen atoms in total. The molecule has 1 aromatic heterocycles. The fraction of sp³-hybridized carbons (Fsp3) is 0.412. The van der Waals surface area contributed by atoms with E-state index in [1.54, 1.807) is 14.2 Å². The molecule has 1 saturated heterocycles. The molecule has 0 amide bonds. The van der Waals surface area contributed by atoms with Crippen LogP contribution in [0.3, 0.4) is 0 Å². The second kappa shape index (κ2) is 7.61. The van der Waals surface area contributed by atoms with Crippen molar-refractivity contribution in [3.8, 4) is 22.8 Å². The third kappa shape index (κ3) is 4.69. The summed E-state index contributed by atoms with van der Waals surface area (Å²) >= 11 is 6.74. The van der Waals surface area contributed by atoms with E-state index in [-0.39, 0.29) is 11.5 Å². The van der Waals surface area contributed by atoms with E-state index in [0.717, 1.165) is 11.3 Å². The highest BCUT2D eigenvalue weighted by Gasteiger charge is 2.38. The third-order valence-corrected chi connectivity index (χ3v) is 7.19. The van der Waals surface area contributed by atoms with Crippen LogP contribution in [-0.2, 0) is 9.84 Å². The lowest BCUT2D eigenvalue weighted by Crippen LogP contribution is -2.48. The quantitative estimate of drug-likeness (QED) is 0.704. The zero-order chi connectivity index (χ0) is 19.7. The van der Waals surface area contributed by atoms with Crippen LogP contribution in [0.15, 0.2) is 23.6 Å². The number of ether oxygens (including phenoxy) is 2. The molecule has 0 radical (unpaired) electrons. The lowest BCUT2D eigenvalue weighted by atomic mass is 10.0. The van der Waals surface area contributed by atoms with Crippen LogP contribution in [0, 0.1) is 0 Å². The Balaban J connectivity index is 1.68. The molecule has 1 atom stereocenters. The molecule has 0 saturated carbocycles. The summed E-state index contributed by atoms with van der Waals surface area (Å²) < 4.78 is 34.0. The molecule has 0 spiro atoms. The van der Waals surface area contributed by atoms with Gasteiger partial charge < -0.3 is 20.1 Å². The van der Waals surface area contributed by atoms with Gasteiger partial charge in [-0.2, -0.15) is 0 Å². The predicted molar refractivity (Wildman–Crippen MR) is 112 cm³/mol. The number of sulfone groups is 1. The van der Waals surface area contributed by atoms with Crippen molar-refractivity contribution in [2.75, 3.05) is 31.0 Å². The van der Waals surface area contributed by atoms with Crippen molar-refractivity contribution in [3.05, 3.63) is 23.6 Å². The Labute approximate surface area is 168 Å². The number of thiazole rings is 1. The number of nitrogens with one attached hydrogen (secondary N) is 2. The molecule has 2 aromatic rings. The summed E-state index contributed by atoms with van der Waals surface area (Å²) in [6.07, 6.45) is 0.534. The average Bonchev–Trinajstić information content (AvgIpc) is 3.17. The van der Waals surface area contributed by atoms with E-state index in [1.807, 2.05) is 30.5 Å². The van der Waals surface area contributed by atoms with Crippen LogP contribution in [-0.4, -0.2) is 49.8 Å². The van der Waals surface area contributed by atoms with Gasteiger partial charge in [0.15, 0.2) is 31.6 Å². The van der Waals surface area contributed by atoms with Gasteiger partial charge in [-0.15, -0.1) is 11.3 Å². The maximum absolute atomic E-state index is 11.7. The molecule has 0 unspecified atom stereocenters. The van der Waals surface area contributed by atoms with Crippen LogP contribution in [0.2, 0.25) is 0 Å². The van der Waals surface area contributed by atoms with Crippen molar-refractivity contribution in [2.24, 2.45) is 0 Å². The van der Waals surface area contributed by atoms with Crippen LogP contribution >= 0.6 is 23.6 Å². The summed E-state index contributed by atoms with van der Waals surface area (Å²) in [4.78, 5) is 4.54. The van der Waals surface area contributed by atoms with Gasteiger partial charge in [-0.3, -0.25) is 0 Å². The molecule has 146 valence electrons. The monoisotopic (exact) mass is 427 g/mol. The molecule has 1 fully saturated rings. The number of hydrogen-bond donors (Lipinski definition) is 2. The Hall–Kier alpha value is -1.91. The molecule has 2 heterocycles. The Kier molecular flexibility index (Phi) is 5.59. The van der Waals surface area contributed by atoms with Crippen LogP contribution < -0.4 is 20.1 Å². The Morgan fingerprint density at radius 3 is 2.67 bits per heavy atom. The molecular formula is C17H21N3O4S3. The van der Waals surface area contributed by atoms with E-state index in [4.69, 9.17) is 21.7 Å². The van der Waals surface area contributed by atoms with E-state index in [9.17, 15) is 8.42 Å². The van der Waals surface area contributed by atoms with Crippen molar-refractivity contribution in [1.29, 1.82) is 0 Å². The van der Waals surface area contributed by atoms with E-state index in [1.165, 1.54) is 11.3 Å². The number of thiocarbonyl (C=S) groups is 1. The zero-order valence-electron chi connectivity index (χ0n) is 15.2. The number of benzene rings is 1. The first-order chi connectivity index (χ1) is 12.7. The second-order valence-electron chi connectivity index (χ2n) is 6.59. The summed E-state index contributed by atoms with van der Waals surface area (Å²) in [6.45, 7) is 1.86. The topological polar surface area (TPSA) is 89.6 Å². The predicted octanol–water partition coefficient (Wildman–Crippen LogP) is 2.69. The average molecular weight is 428 g/mol. The third-order valence-electron chi connectivity index (χ3n) is 4.32. The minimum atomic E-state index is -3.00. The smallest absolute Gasteiger partial charge is 0.189 e. The van der Waals surface area contributed by atoms with Gasteiger partial charge in [-0.05, 0) is 43.8 Å². The lowest BCUT2D eigenvalue weighted by Gasteiger charge is -2.25. The Bertz CT molecular complexity index is 958. The highest BCUT2D eigenvalue weighted by atomic mass is 32.2. The van der Waals surface area contributed by atoms with E-state index < -0.39 is 15.4 Å². The molecule has 1 aliphatic heterocycles. The minimum absolute atomic E-state index is 0.0799. The van der Waals surface area contributed by atoms with Crippen molar-refractivity contribution < 1.29 is 17.9 Å². The van der Waals surface area contributed by atoms with E-state index in [2.05, 4.69) is 15.6 Å². The van der Waals surface area contributed by atoms with Gasteiger partial charge in [0, 0.05) is 10.9 Å². The normalized spacial score (nSPS) is 20.9. The van der Waals surface area contributed by atoms with Crippen molar-refractivity contribution in [1.82, 2.24) is 10.3 Å². The van der Waals surface area contributed by atoms with Crippen molar-refractivity contribution >= 4 is 43.6 Å². The standard InChI is InChI=1S/C17H21N3O4S3/c1-17(6-7-27(21,22)10-17)20-15(25)19-16-18-12(9-26-16)11-4-5-13(23-2)14(8-11)24-3/h4-5,8-9H,6-7,10H2,1-3H3,(H2,18,19,20,25)/t17-/m1/s1. The van der Waals surface area contributed by atoms with Gasteiger partial charge in [0.05, 0.1) is 37.0 Å². The number of hydrogen-bond acceptors (Lipinski definition) is 7. The largest absolute Gasteiger partial charge is 0.493 e. The van der Waals surface area contributed by atoms with Gasteiger partial charge in [0.2, 0.25) is 0 Å². The fourth-order valence-electron chi connectivity index (χ4n) is 2.97. The first-order valence-electron chi connectivity index (χ1n) is 8.21. The molecular weight excluding hydrogens is 406 g/mol. The number of aromatic nitrogens is 1. The SMILES string of the molecule is COc1ccc(-c2csc(NC(=S)N[C@]3(C)CCS(=O)(=O)C3)n2)cc1OC. The van der Waals surface area contributed by atoms with Gasteiger partial charge in [0.1, 0.15) is 0 Å². The molecule has 1 aliphatic rings. The van der Waals surface area contributed by atoms with Gasteiger partial charge in [-0.1, -0.05) is 0 Å². The summed E-state index contributed by atoms with van der Waals surface area (Å²) in [7, 11) is 0.175. The highest BCUT2D eigenvalue weighted by molar-refractivity contribution is 7.91. The molecule has 1 aromatic carbocycles. The van der Waals surface area contributed by atoms with Crippen LogP contribution in [0.25, 0.3) is 11.3 Å². The summed E-state index contributed by atoms with van der Waals surface area (Å²) in [6, 6.07) is 5.59. The number of nitrogens with zero attached hydrogens (tertiary/aromatic N) is 1. The van der Waals surface area contributed by atoms with Gasteiger partial charge in [0.25, 0.3) is 0 Å². The number of anilines is 1. The van der Waals surface area contributed by atoms with Gasteiger partial charge in [-0.25, -0.2) is 13.4 Å². The Morgan fingerprint density at radius 2 is 2.04 bits per heavy atom. The maximum Gasteiger partial charge on any atom is 0.189 e. The molecule has 10 heteroatoms. The zero-order valence-corrected chi connectivity index (χ0v) is 17.7. The van der Waals surface area contributed by atoms with Crippen LogP contribution in [0.5, 0.6) is 11.5 Å². The lowest BCUT2D eigenvalue weighted by molar-refractivity contribution is 0.355. The summed E-state index contributed by atoms with van der Waals surface area (Å²) in [5, 5.41) is 9.05. The van der Waals surface area contributed by atoms with E-state index >= 15 is 0 Å². The van der Waals surface area contributed by atoms with Crippen molar-refractivity contribution in [3.63, 3.8) is 0 Å². The molecule has 2 N–H and O–H groups in total. The highest BCUT2D eigenvalue weighted by Crippen LogP contribution is 2.33. The van der Waals surface area contributed by atoms with E-state index in [0.29, 0.717) is 28.2 Å². The van der Waals surface area contributed by atoms with Gasteiger partial charge >= 0.3 is 0 Å². The maximum atomic E-state index is 11.7. The first-order valence-corrected chi connectivity index (χ1v) is 11.3. The second-order valence-corrected chi connectivity index (χ2v) is 10.0. The molecule has 27 heavy (non-hydrogen) atoms. The Morgan fingerprint density at radius 1 is 1.30 bits per heavy atom. The summed E-state index contributed by atoms with van der Waals surface area (Å²) in [5.74, 6) is 1.54. The summed E-state index contributed by atoms with van der Waals surface area (Å²) in [5.41, 5.74) is 1.12. The van der Waals surface area contributed by atoms with Crippen LogP contribution in [0.4, 0.5) is 5.13 Å². The first kappa shape index (κ1) is 19.8. The van der Waals surface area contributed by atoms with Crippen molar-refractivity contribution in [2.45, 2.75) is 18.9 Å². The minimum Gasteiger partial charge on any atom is -0.493 e. The molecule has 3 rings (SSSR count). The molecule has 0 bridgehead atoms. The molecule has 0 aliphatic carbocycles. The van der Waals surface area contributed by atoms with Crippen LogP contribution in [0.1, 0.15) is 13.3 Å². The fourth-order valence-corrected chi connectivity index (χ4v) is 6.20.